The minimum absolute atomic E-state index is 0.00606. The second-order valence-corrected chi connectivity index (χ2v) is 2.30. The van der Waals surface area contributed by atoms with Gasteiger partial charge in [-0.2, -0.15) is 0 Å². The minimum Gasteiger partial charge on any atom is -0.356 e. The molecule has 0 aromatic heterocycles. The molecular weight excluding hydrogens is 128 g/mol. The van der Waals surface area contributed by atoms with E-state index in [4.69, 9.17) is 9.47 Å². The summed E-state index contributed by atoms with van der Waals surface area (Å²) in [4.78, 5) is 0. The van der Waals surface area contributed by atoms with Crippen molar-refractivity contribution in [3.05, 3.63) is 0 Å². The standard InChI is InChI=1S/C8H18O2/c1-4-6-7-10-8(5-2)9-3/h8H,4-7H2,1-3H3/t8-/m0/s1. The number of ether oxygens (including phenoxy) is 2. The summed E-state index contributed by atoms with van der Waals surface area (Å²) < 4.78 is 10.4. The van der Waals surface area contributed by atoms with Crippen LogP contribution in [0.1, 0.15) is 33.1 Å². The molecule has 62 valence electrons. The Morgan fingerprint density at radius 3 is 2.40 bits per heavy atom. The Balaban J connectivity index is 3.09. The van der Waals surface area contributed by atoms with Gasteiger partial charge in [-0.15, -0.1) is 0 Å². The number of unbranched alkanes of at least 4 members (excludes halogenated alkanes) is 1. The molecule has 0 amide bonds. The van der Waals surface area contributed by atoms with Gasteiger partial charge in [0.05, 0.1) is 0 Å². The second kappa shape index (κ2) is 7.03. The monoisotopic (exact) mass is 146 g/mol. The zero-order valence-electron chi connectivity index (χ0n) is 7.22. The molecule has 2 heteroatoms. The SMILES string of the molecule is CCCCO[C@@H](CC)OC. The summed E-state index contributed by atoms with van der Waals surface area (Å²) in [6, 6.07) is 0. The van der Waals surface area contributed by atoms with Gasteiger partial charge in [0, 0.05) is 13.7 Å². The first-order valence-corrected chi connectivity index (χ1v) is 3.99. The van der Waals surface area contributed by atoms with Crippen LogP contribution >= 0.6 is 0 Å². The lowest BCUT2D eigenvalue weighted by molar-refractivity contribution is -0.125. The van der Waals surface area contributed by atoms with Gasteiger partial charge in [-0.05, 0) is 12.8 Å². The van der Waals surface area contributed by atoms with E-state index in [1.807, 2.05) is 0 Å². The van der Waals surface area contributed by atoms with Gasteiger partial charge >= 0.3 is 0 Å². The molecule has 0 saturated carbocycles. The molecule has 0 aliphatic heterocycles. The maximum atomic E-state index is 5.36. The molecular formula is C8H18O2. The van der Waals surface area contributed by atoms with Crippen molar-refractivity contribution < 1.29 is 9.47 Å². The Morgan fingerprint density at radius 1 is 1.30 bits per heavy atom. The molecule has 0 saturated heterocycles. The van der Waals surface area contributed by atoms with Crippen LogP contribution in [-0.2, 0) is 9.47 Å². The van der Waals surface area contributed by atoms with Crippen molar-refractivity contribution in [3.8, 4) is 0 Å². The van der Waals surface area contributed by atoms with Crippen LogP contribution in [0.25, 0.3) is 0 Å². The highest BCUT2D eigenvalue weighted by molar-refractivity contribution is 4.38. The summed E-state index contributed by atoms with van der Waals surface area (Å²) in [6.07, 6.45) is 3.24. The van der Waals surface area contributed by atoms with Crippen molar-refractivity contribution in [2.75, 3.05) is 13.7 Å². The smallest absolute Gasteiger partial charge is 0.156 e. The molecule has 0 bridgehead atoms. The largest absolute Gasteiger partial charge is 0.356 e. The highest BCUT2D eigenvalue weighted by Crippen LogP contribution is 1.99. The number of hydrogen-bond acceptors (Lipinski definition) is 2. The first kappa shape index (κ1) is 9.92. The third-order valence-electron chi connectivity index (χ3n) is 1.40. The molecule has 10 heavy (non-hydrogen) atoms. The van der Waals surface area contributed by atoms with E-state index in [9.17, 15) is 0 Å². The van der Waals surface area contributed by atoms with E-state index >= 15 is 0 Å². The van der Waals surface area contributed by atoms with Crippen molar-refractivity contribution in [1.29, 1.82) is 0 Å². The Labute approximate surface area is 63.5 Å². The van der Waals surface area contributed by atoms with Crippen LogP contribution in [0.2, 0.25) is 0 Å². The van der Waals surface area contributed by atoms with E-state index in [2.05, 4.69) is 13.8 Å². The van der Waals surface area contributed by atoms with Crippen molar-refractivity contribution in [3.63, 3.8) is 0 Å². The molecule has 0 spiro atoms. The fraction of sp³-hybridized carbons (Fsp3) is 1.00. The zero-order chi connectivity index (χ0) is 7.82. The van der Waals surface area contributed by atoms with Crippen molar-refractivity contribution in [2.45, 2.75) is 39.4 Å². The van der Waals surface area contributed by atoms with E-state index < -0.39 is 0 Å². The van der Waals surface area contributed by atoms with Crippen molar-refractivity contribution >= 4 is 0 Å². The Kier molecular flexibility index (Phi) is 6.98. The third kappa shape index (κ3) is 4.77. The van der Waals surface area contributed by atoms with Gasteiger partial charge in [-0.1, -0.05) is 20.3 Å². The molecule has 0 aliphatic rings. The molecule has 0 aromatic rings. The predicted molar refractivity (Wildman–Crippen MR) is 41.9 cm³/mol. The molecule has 0 unspecified atom stereocenters. The summed E-state index contributed by atoms with van der Waals surface area (Å²) in [5, 5.41) is 0. The van der Waals surface area contributed by atoms with Gasteiger partial charge in [-0.3, -0.25) is 0 Å². The average molecular weight is 146 g/mol. The zero-order valence-corrected chi connectivity index (χ0v) is 7.22. The lowest BCUT2D eigenvalue weighted by atomic mass is 10.4. The Bertz CT molecular complexity index is 60.3. The molecule has 0 heterocycles. The second-order valence-electron chi connectivity index (χ2n) is 2.30. The van der Waals surface area contributed by atoms with Gasteiger partial charge < -0.3 is 9.47 Å². The van der Waals surface area contributed by atoms with Gasteiger partial charge in [0.2, 0.25) is 0 Å². The van der Waals surface area contributed by atoms with E-state index in [-0.39, 0.29) is 6.29 Å². The Hall–Kier alpha value is -0.0800. The molecule has 0 radical (unpaired) electrons. The lowest BCUT2D eigenvalue weighted by Gasteiger charge is -2.12. The van der Waals surface area contributed by atoms with Crippen LogP contribution in [0, 0.1) is 0 Å². The lowest BCUT2D eigenvalue weighted by Crippen LogP contribution is -2.14. The molecule has 0 N–H and O–H groups in total. The summed E-state index contributed by atoms with van der Waals surface area (Å²) in [7, 11) is 1.68. The highest BCUT2D eigenvalue weighted by Gasteiger charge is 2.01. The van der Waals surface area contributed by atoms with Crippen LogP contribution in [0.3, 0.4) is 0 Å². The molecule has 1 atom stereocenters. The van der Waals surface area contributed by atoms with E-state index in [1.165, 1.54) is 6.42 Å². The van der Waals surface area contributed by atoms with Gasteiger partial charge in [-0.25, -0.2) is 0 Å². The topological polar surface area (TPSA) is 18.5 Å². The van der Waals surface area contributed by atoms with E-state index in [0.717, 1.165) is 19.4 Å². The molecule has 2 nitrogen and oxygen atoms in total. The number of rotatable bonds is 6. The van der Waals surface area contributed by atoms with Crippen LogP contribution in [0.15, 0.2) is 0 Å². The third-order valence-corrected chi connectivity index (χ3v) is 1.40. The molecule has 0 rings (SSSR count). The van der Waals surface area contributed by atoms with Gasteiger partial charge in [0.25, 0.3) is 0 Å². The fourth-order valence-corrected chi connectivity index (χ4v) is 0.712. The molecule has 0 aromatic carbocycles. The van der Waals surface area contributed by atoms with E-state index in [0.29, 0.717) is 0 Å². The summed E-state index contributed by atoms with van der Waals surface area (Å²) in [6.45, 7) is 5.03. The van der Waals surface area contributed by atoms with Crippen LogP contribution in [0.5, 0.6) is 0 Å². The first-order valence-electron chi connectivity index (χ1n) is 3.99. The van der Waals surface area contributed by atoms with E-state index in [1.54, 1.807) is 7.11 Å². The normalized spacial score (nSPS) is 13.5. The highest BCUT2D eigenvalue weighted by atomic mass is 16.7. The summed E-state index contributed by atoms with van der Waals surface area (Å²) in [5.41, 5.74) is 0. The fourth-order valence-electron chi connectivity index (χ4n) is 0.712. The average Bonchev–Trinajstić information content (AvgIpc) is 1.99. The first-order chi connectivity index (χ1) is 4.85. The Morgan fingerprint density at radius 2 is 2.00 bits per heavy atom. The van der Waals surface area contributed by atoms with Gasteiger partial charge in [0.1, 0.15) is 0 Å². The van der Waals surface area contributed by atoms with Crippen molar-refractivity contribution in [1.82, 2.24) is 0 Å². The van der Waals surface area contributed by atoms with Crippen LogP contribution in [-0.4, -0.2) is 20.0 Å². The maximum Gasteiger partial charge on any atom is 0.156 e. The maximum absolute atomic E-state index is 5.36. The molecule has 0 fully saturated rings. The number of hydrogen-bond donors (Lipinski definition) is 0. The summed E-state index contributed by atoms with van der Waals surface area (Å²) >= 11 is 0. The van der Waals surface area contributed by atoms with Crippen molar-refractivity contribution in [2.24, 2.45) is 0 Å². The van der Waals surface area contributed by atoms with Gasteiger partial charge in [0.15, 0.2) is 6.29 Å². The minimum atomic E-state index is 0.00606. The van der Waals surface area contributed by atoms with Crippen LogP contribution in [0.4, 0.5) is 0 Å². The quantitative estimate of drug-likeness (QED) is 0.422. The predicted octanol–water partition coefficient (Wildman–Crippen LogP) is 2.19. The summed E-state index contributed by atoms with van der Waals surface area (Å²) in [5.74, 6) is 0. The van der Waals surface area contributed by atoms with Crippen LogP contribution < -0.4 is 0 Å². The molecule has 0 aliphatic carbocycles. The number of methoxy groups -OCH3 is 1.